The van der Waals surface area contributed by atoms with E-state index in [1.54, 1.807) is 6.07 Å². The van der Waals surface area contributed by atoms with Gasteiger partial charge < -0.3 is 10.2 Å². The summed E-state index contributed by atoms with van der Waals surface area (Å²) in [5.74, 6) is 2.15. The number of hydrogen-bond donors (Lipinski definition) is 1. The van der Waals surface area contributed by atoms with E-state index < -0.39 is 10.0 Å². The first-order valence-corrected chi connectivity index (χ1v) is 14.3. The normalized spacial score (nSPS) is 33.2. The Hall–Kier alpha value is -1.15. The molecule has 1 aromatic rings. The Kier molecular flexibility index (Phi) is 6.30. The van der Waals surface area contributed by atoms with E-state index in [-0.39, 0.29) is 27.8 Å². The van der Waals surface area contributed by atoms with E-state index in [1.807, 2.05) is 0 Å². The number of carbonyl (C=O) groups is 1. The molecule has 1 aliphatic heterocycles. The van der Waals surface area contributed by atoms with Gasteiger partial charge in [0.2, 0.25) is 10.0 Å². The summed E-state index contributed by atoms with van der Waals surface area (Å²) in [6.07, 6.45) is 7.68. The highest BCUT2D eigenvalue weighted by atomic mass is 35.5. The molecule has 4 bridgehead atoms. The molecule has 4 saturated carbocycles. The molecule has 33 heavy (non-hydrogen) atoms. The average molecular weight is 494 g/mol. The highest BCUT2D eigenvalue weighted by Crippen LogP contribution is 2.61. The minimum atomic E-state index is -3.66. The SMILES string of the molecule is CCN1CCN(S(=O)(=O)c2ccc(Cl)c(C(=O)N[C@@H](C)C34CC5CC(CC(C5)C3)C4)c2)CC1. The van der Waals surface area contributed by atoms with Gasteiger partial charge in [0, 0.05) is 32.2 Å². The van der Waals surface area contributed by atoms with Crippen molar-refractivity contribution in [1.82, 2.24) is 14.5 Å². The Morgan fingerprint density at radius 1 is 1.09 bits per heavy atom. The summed E-state index contributed by atoms with van der Waals surface area (Å²) in [6.45, 7) is 7.50. The lowest BCUT2D eigenvalue weighted by molar-refractivity contribution is -0.0688. The monoisotopic (exact) mass is 493 g/mol. The minimum Gasteiger partial charge on any atom is -0.349 e. The molecule has 0 unspecified atom stereocenters. The van der Waals surface area contributed by atoms with E-state index in [2.05, 4.69) is 24.1 Å². The van der Waals surface area contributed by atoms with Crippen molar-refractivity contribution in [2.75, 3.05) is 32.7 Å². The van der Waals surface area contributed by atoms with Gasteiger partial charge in [-0.15, -0.1) is 0 Å². The van der Waals surface area contributed by atoms with Crippen molar-refractivity contribution in [3.8, 4) is 0 Å². The van der Waals surface area contributed by atoms with Crippen LogP contribution in [-0.4, -0.2) is 62.3 Å². The minimum absolute atomic E-state index is 0.0526. The highest BCUT2D eigenvalue weighted by Gasteiger charge is 2.53. The lowest BCUT2D eigenvalue weighted by atomic mass is 9.48. The van der Waals surface area contributed by atoms with Gasteiger partial charge >= 0.3 is 0 Å². The van der Waals surface area contributed by atoms with Crippen LogP contribution in [0.1, 0.15) is 62.7 Å². The number of hydrogen-bond acceptors (Lipinski definition) is 4. The molecule has 8 heteroatoms. The lowest BCUT2D eigenvalue weighted by Gasteiger charge is -2.59. The van der Waals surface area contributed by atoms with Crippen LogP contribution in [0.5, 0.6) is 0 Å². The van der Waals surface area contributed by atoms with Crippen LogP contribution in [0.3, 0.4) is 0 Å². The van der Waals surface area contributed by atoms with Gasteiger partial charge in [0.25, 0.3) is 5.91 Å². The van der Waals surface area contributed by atoms with Gasteiger partial charge in [0.05, 0.1) is 15.5 Å². The fraction of sp³-hybridized carbons (Fsp3) is 0.720. The highest BCUT2D eigenvalue weighted by molar-refractivity contribution is 7.89. The van der Waals surface area contributed by atoms with Crippen molar-refractivity contribution in [3.63, 3.8) is 0 Å². The van der Waals surface area contributed by atoms with Crippen LogP contribution in [0.25, 0.3) is 0 Å². The quantitative estimate of drug-likeness (QED) is 0.650. The number of halogens is 1. The Morgan fingerprint density at radius 2 is 1.67 bits per heavy atom. The van der Waals surface area contributed by atoms with Crippen LogP contribution in [0.4, 0.5) is 0 Å². The molecule has 5 fully saturated rings. The number of sulfonamides is 1. The predicted molar refractivity (Wildman–Crippen MR) is 130 cm³/mol. The summed E-state index contributed by atoms with van der Waals surface area (Å²) < 4.78 is 28.0. The number of likely N-dealkylation sites (N-methyl/N-ethyl adjacent to an activating group) is 1. The summed E-state index contributed by atoms with van der Waals surface area (Å²) >= 11 is 6.39. The van der Waals surface area contributed by atoms with E-state index in [0.717, 1.165) is 37.4 Å². The van der Waals surface area contributed by atoms with Gasteiger partial charge in [0.15, 0.2) is 0 Å². The van der Waals surface area contributed by atoms with Crippen LogP contribution >= 0.6 is 11.6 Å². The Morgan fingerprint density at radius 3 is 2.21 bits per heavy atom. The Balaban J connectivity index is 1.32. The largest absolute Gasteiger partial charge is 0.349 e. The molecule has 1 N–H and O–H groups in total. The predicted octanol–water partition coefficient (Wildman–Crippen LogP) is 4.00. The molecule has 5 aliphatic rings. The summed E-state index contributed by atoms with van der Waals surface area (Å²) in [5.41, 5.74) is 0.431. The van der Waals surface area contributed by atoms with Crippen LogP contribution in [0.15, 0.2) is 23.1 Å². The van der Waals surface area contributed by atoms with Gasteiger partial charge in [-0.3, -0.25) is 4.79 Å². The standard InChI is InChI=1S/C25H36ClN3O3S/c1-3-28-6-8-29(9-7-28)33(31,32)21-4-5-23(26)22(13-21)24(30)27-17(2)25-14-18-10-19(15-25)12-20(11-18)16-25/h4-5,13,17-20H,3,6-12,14-16H2,1-2H3,(H,27,30)/t17-,18?,19?,20?,25?/m0/s1. The molecule has 1 heterocycles. The molecule has 4 aliphatic carbocycles. The zero-order valence-corrected chi connectivity index (χ0v) is 21.3. The number of nitrogens with one attached hydrogen (secondary N) is 1. The van der Waals surface area contributed by atoms with E-state index in [1.165, 1.54) is 55.0 Å². The van der Waals surface area contributed by atoms with Crippen molar-refractivity contribution in [1.29, 1.82) is 0 Å². The van der Waals surface area contributed by atoms with Crippen LogP contribution in [0.2, 0.25) is 5.02 Å². The van der Waals surface area contributed by atoms with Crippen molar-refractivity contribution >= 4 is 27.5 Å². The van der Waals surface area contributed by atoms with E-state index in [9.17, 15) is 13.2 Å². The van der Waals surface area contributed by atoms with E-state index >= 15 is 0 Å². The number of carbonyl (C=O) groups excluding carboxylic acids is 1. The third kappa shape index (κ3) is 4.35. The number of nitrogens with zero attached hydrogens (tertiary/aromatic N) is 2. The molecule has 182 valence electrons. The first-order chi connectivity index (χ1) is 15.7. The number of piperazine rings is 1. The van der Waals surface area contributed by atoms with Gasteiger partial charge in [-0.2, -0.15) is 4.31 Å². The third-order valence-corrected chi connectivity index (χ3v) is 11.2. The number of amides is 1. The number of rotatable bonds is 6. The molecule has 1 aromatic carbocycles. The van der Waals surface area contributed by atoms with Gasteiger partial charge in [-0.05, 0) is 93.4 Å². The molecular formula is C25H36ClN3O3S. The van der Waals surface area contributed by atoms with Gasteiger partial charge in [0.1, 0.15) is 0 Å². The average Bonchev–Trinajstić information content (AvgIpc) is 2.78. The van der Waals surface area contributed by atoms with Gasteiger partial charge in [-0.25, -0.2) is 8.42 Å². The molecule has 0 radical (unpaired) electrons. The Bertz CT molecular complexity index is 984. The summed E-state index contributed by atoms with van der Waals surface area (Å²) in [5, 5.41) is 3.52. The second kappa shape index (κ2) is 8.81. The maximum Gasteiger partial charge on any atom is 0.253 e. The topological polar surface area (TPSA) is 69.7 Å². The van der Waals surface area contributed by atoms with Crippen LogP contribution in [0, 0.1) is 23.2 Å². The zero-order valence-electron chi connectivity index (χ0n) is 19.7. The van der Waals surface area contributed by atoms with Crippen molar-refractivity contribution in [3.05, 3.63) is 28.8 Å². The maximum absolute atomic E-state index is 13.3. The maximum atomic E-state index is 13.3. The smallest absolute Gasteiger partial charge is 0.253 e. The molecule has 0 spiro atoms. The molecule has 6 nitrogen and oxygen atoms in total. The lowest BCUT2D eigenvalue weighted by Crippen LogP contribution is -2.55. The van der Waals surface area contributed by atoms with E-state index in [4.69, 9.17) is 11.6 Å². The van der Waals surface area contributed by atoms with E-state index in [0.29, 0.717) is 18.1 Å². The third-order valence-electron chi connectivity index (χ3n) is 8.95. The first-order valence-electron chi connectivity index (χ1n) is 12.5. The second-order valence-corrected chi connectivity index (χ2v) is 13.3. The van der Waals surface area contributed by atoms with Crippen molar-refractivity contribution in [2.24, 2.45) is 23.2 Å². The zero-order chi connectivity index (χ0) is 23.4. The second-order valence-electron chi connectivity index (χ2n) is 11.0. The van der Waals surface area contributed by atoms with Crippen molar-refractivity contribution in [2.45, 2.75) is 63.3 Å². The van der Waals surface area contributed by atoms with Crippen LogP contribution < -0.4 is 5.32 Å². The molecule has 0 aromatic heterocycles. The molecule has 6 rings (SSSR count). The fourth-order valence-electron chi connectivity index (χ4n) is 7.41. The molecule has 1 amide bonds. The summed E-state index contributed by atoms with van der Waals surface area (Å²) in [7, 11) is -3.66. The number of benzene rings is 1. The summed E-state index contributed by atoms with van der Waals surface area (Å²) in [4.78, 5) is 15.7. The molecule has 1 saturated heterocycles. The first kappa shape index (κ1) is 23.6. The Labute approximate surface area is 203 Å². The van der Waals surface area contributed by atoms with Crippen LogP contribution in [-0.2, 0) is 10.0 Å². The molecular weight excluding hydrogens is 458 g/mol. The van der Waals surface area contributed by atoms with Gasteiger partial charge in [-0.1, -0.05) is 18.5 Å². The fourth-order valence-corrected chi connectivity index (χ4v) is 9.06. The van der Waals surface area contributed by atoms with Crippen molar-refractivity contribution < 1.29 is 13.2 Å². The molecule has 1 atom stereocenters. The summed E-state index contributed by atoms with van der Waals surface area (Å²) in [6, 6.07) is 4.58.